The number of rotatable bonds is 6. The molecular weight excluding hydrogens is 341 g/mol. The van der Waals surface area contributed by atoms with Crippen LogP contribution in [0.5, 0.6) is 0 Å². The van der Waals surface area contributed by atoms with E-state index in [2.05, 4.69) is 0 Å². The predicted molar refractivity (Wildman–Crippen MR) is 92.0 cm³/mol. The maximum atomic E-state index is 13.5. The zero-order valence-corrected chi connectivity index (χ0v) is 15.1. The van der Waals surface area contributed by atoms with Gasteiger partial charge in [-0.2, -0.15) is 0 Å². The van der Waals surface area contributed by atoms with E-state index in [-0.39, 0.29) is 36.6 Å². The fourth-order valence-corrected chi connectivity index (χ4v) is 3.33. The van der Waals surface area contributed by atoms with Crippen molar-refractivity contribution in [3.63, 3.8) is 0 Å². The van der Waals surface area contributed by atoms with Gasteiger partial charge in [-0.15, -0.1) is 0 Å². The Kier molecular flexibility index (Phi) is 7.12. The number of esters is 1. The van der Waals surface area contributed by atoms with Crippen molar-refractivity contribution in [1.29, 1.82) is 0 Å². The van der Waals surface area contributed by atoms with Crippen LogP contribution >= 0.6 is 0 Å². The summed E-state index contributed by atoms with van der Waals surface area (Å²) in [6.07, 6.45) is 0.554. The molecule has 0 N–H and O–H groups in total. The molecule has 0 saturated carbocycles. The van der Waals surface area contributed by atoms with Gasteiger partial charge in [-0.25, -0.2) is 9.18 Å². The van der Waals surface area contributed by atoms with Crippen molar-refractivity contribution in [3.05, 3.63) is 35.6 Å². The Morgan fingerprint density at radius 3 is 2.73 bits per heavy atom. The maximum absolute atomic E-state index is 13.5. The van der Waals surface area contributed by atoms with Crippen LogP contribution in [0, 0.1) is 11.7 Å². The molecule has 1 saturated heterocycles. The van der Waals surface area contributed by atoms with E-state index in [1.807, 2.05) is 0 Å². The molecule has 1 heterocycles. The fraction of sp³-hybridized carbons (Fsp3) is 0.526. The van der Waals surface area contributed by atoms with E-state index in [1.54, 1.807) is 24.0 Å². The second kappa shape index (κ2) is 9.31. The number of hydrogen-bond acceptors (Lipinski definition) is 5. The quantitative estimate of drug-likeness (QED) is 0.572. The molecule has 1 aliphatic rings. The van der Waals surface area contributed by atoms with Gasteiger partial charge < -0.3 is 14.4 Å². The highest BCUT2D eigenvalue weighted by atomic mass is 19.1. The lowest BCUT2D eigenvalue weighted by molar-refractivity contribution is -0.146. The first kappa shape index (κ1) is 19.9. The molecule has 26 heavy (non-hydrogen) atoms. The first-order valence-corrected chi connectivity index (χ1v) is 8.72. The molecule has 1 fully saturated rings. The van der Waals surface area contributed by atoms with Crippen molar-refractivity contribution >= 4 is 17.8 Å². The third kappa shape index (κ3) is 5.28. The fourth-order valence-electron chi connectivity index (χ4n) is 3.33. The van der Waals surface area contributed by atoms with Gasteiger partial charge in [0.05, 0.1) is 13.7 Å². The minimum absolute atomic E-state index is 0.183. The molecule has 0 spiro atoms. The van der Waals surface area contributed by atoms with Crippen molar-refractivity contribution in [3.8, 4) is 0 Å². The van der Waals surface area contributed by atoms with Crippen LogP contribution in [0.4, 0.5) is 9.18 Å². The van der Waals surface area contributed by atoms with E-state index in [9.17, 15) is 18.8 Å². The van der Waals surface area contributed by atoms with Gasteiger partial charge >= 0.3 is 12.1 Å². The average Bonchev–Trinajstić information content (AvgIpc) is 2.61. The summed E-state index contributed by atoms with van der Waals surface area (Å²) in [6, 6.07) is 5.87. The first-order chi connectivity index (χ1) is 12.4. The standard InChI is InChI=1S/C19H24FNO5/c1-3-26-18(23)12-17(22)14-7-8-21(19(24)25-2)16(11-14)10-13-5-4-6-15(20)9-13/h4-6,9,14,16H,3,7-8,10-12H2,1-2H3. The summed E-state index contributed by atoms with van der Waals surface area (Å²) in [5.74, 6) is -1.40. The van der Waals surface area contributed by atoms with Crippen LogP contribution < -0.4 is 0 Å². The molecule has 1 aliphatic heterocycles. The van der Waals surface area contributed by atoms with Crippen molar-refractivity contribution in [2.24, 2.45) is 5.92 Å². The van der Waals surface area contributed by atoms with Crippen LogP contribution in [-0.4, -0.2) is 49.0 Å². The number of piperidine rings is 1. The van der Waals surface area contributed by atoms with Gasteiger partial charge in [-0.05, 0) is 43.9 Å². The third-order valence-electron chi connectivity index (χ3n) is 4.56. The average molecular weight is 365 g/mol. The molecule has 2 rings (SSSR count). The highest BCUT2D eigenvalue weighted by Gasteiger charge is 2.35. The number of hydrogen-bond donors (Lipinski definition) is 0. The first-order valence-electron chi connectivity index (χ1n) is 8.72. The van der Waals surface area contributed by atoms with E-state index in [0.717, 1.165) is 5.56 Å². The number of ether oxygens (including phenoxy) is 2. The Labute approximate surface area is 152 Å². The molecule has 7 heteroatoms. The summed E-state index contributed by atoms with van der Waals surface area (Å²) >= 11 is 0. The van der Waals surface area contributed by atoms with Crippen LogP contribution in [0.25, 0.3) is 0 Å². The van der Waals surface area contributed by atoms with Crippen LogP contribution in [0.1, 0.15) is 31.7 Å². The van der Waals surface area contributed by atoms with Crippen molar-refractivity contribution in [1.82, 2.24) is 4.90 Å². The van der Waals surface area contributed by atoms with Gasteiger partial charge in [-0.1, -0.05) is 12.1 Å². The minimum atomic E-state index is -0.533. The molecule has 1 aromatic rings. The second-order valence-corrected chi connectivity index (χ2v) is 6.32. The third-order valence-corrected chi connectivity index (χ3v) is 4.56. The zero-order chi connectivity index (χ0) is 19.1. The number of halogens is 1. The summed E-state index contributed by atoms with van der Waals surface area (Å²) in [4.78, 5) is 37.6. The molecule has 6 nitrogen and oxygen atoms in total. The monoisotopic (exact) mass is 365 g/mol. The topological polar surface area (TPSA) is 72.9 Å². The van der Waals surface area contributed by atoms with E-state index >= 15 is 0 Å². The highest BCUT2D eigenvalue weighted by Crippen LogP contribution is 2.28. The largest absolute Gasteiger partial charge is 0.466 e. The van der Waals surface area contributed by atoms with Crippen molar-refractivity contribution in [2.75, 3.05) is 20.3 Å². The Morgan fingerprint density at radius 2 is 2.08 bits per heavy atom. The van der Waals surface area contributed by atoms with E-state index in [1.165, 1.54) is 19.2 Å². The van der Waals surface area contributed by atoms with Crippen LogP contribution in [0.15, 0.2) is 24.3 Å². The summed E-state index contributed by atoms with van der Waals surface area (Å²) in [7, 11) is 1.31. The number of nitrogens with zero attached hydrogens (tertiary/aromatic N) is 1. The highest BCUT2D eigenvalue weighted by molar-refractivity contribution is 5.96. The molecule has 142 valence electrons. The number of benzene rings is 1. The van der Waals surface area contributed by atoms with Gasteiger partial charge in [0.2, 0.25) is 0 Å². The number of carbonyl (C=O) groups is 3. The molecule has 0 aliphatic carbocycles. The van der Waals surface area contributed by atoms with Gasteiger partial charge in [0.25, 0.3) is 0 Å². The normalized spacial score (nSPS) is 19.7. The molecule has 0 aromatic heterocycles. The zero-order valence-electron chi connectivity index (χ0n) is 15.1. The number of likely N-dealkylation sites (tertiary alicyclic amines) is 1. The maximum Gasteiger partial charge on any atom is 0.409 e. The van der Waals surface area contributed by atoms with E-state index in [4.69, 9.17) is 9.47 Å². The van der Waals surface area contributed by atoms with Gasteiger partial charge in [0.1, 0.15) is 18.0 Å². The van der Waals surface area contributed by atoms with E-state index in [0.29, 0.717) is 25.8 Å². The molecular formula is C19H24FNO5. The lowest BCUT2D eigenvalue weighted by Crippen LogP contribution is -2.48. The lowest BCUT2D eigenvalue weighted by Gasteiger charge is -2.38. The summed E-state index contributed by atoms with van der Waals surface area (Å²) in [5, 5.41) is 0. The molecule has 1 aromatic carbocycles. The number of amides is 1. The van der Waals surface area contributed by atoms with Gasteiger partial charge in [-0.3, -0.25) is 9.59 Å². The van der Waals surface area contributed by atoms with Crippen molar-refractivity contribution in [2.45, 2.75) is 38.6 Å². The Hall–Kier alpha value is -2.44. The van der Waals surface area contributed by atoms with Gasteiger partial charge in [0.15, 0.2) is 0 Å². The molecule has 0 bridgehead atoms. The van der Waals surface area contributed by atoms with Crippen LogP contribution in [0.3, 0.4) is 0 Å². The SMILES string of the molecule is CCOC(=O)CC(=O)C1CCN(C(=O)OC)C(Cc2cccc(F)c2)C1. The minimum Gasteiger partial charge on any atom is -0.466 e. The van der Waals surface area contributed by atoms with Crippen LogP contribution in [0.2, 0.25) is 0 Å². The molecule has 1 amide bonds. The smallest absolute Gasteiger partial charge is 0.409 e. The second-order valence-electron chi connectivity index (χ2n) is 6.32. The molecule has 0 radical (unpaired) electrons. The number of Topliss-reactive ketones (excluding diaryl/α,β-unsaturated/α-hetero) is 1. The number of carbonyl (C=O) groups excluding carboxylic acids is 3. The molecule has 2 atom stereocenters. The van der Waals surface area contributed by atoms with Crippen molar-refractivity contribution < 1.29 is 28.2 Å². The number of methoxy groups -OCH3 is 1. The van der Waals surface area contributed by atoms with Crippen LogP contribution in [-0.2, 0) is 25.5 Å². The summed E-state index contributed by atoms with van der Waals surface area (Å²) in [5.41, 5.74) is 0.738. The summed E-state index contributed by atoms with van der Waals surface area (Å²) in [6.45, 7) is 2.27. The van der Waals surface area contributed by atoms with Gasteiger partial charge in [0, 0.05) is 18.5 Å². The predicted octanol–water partition coefficient (Wildman–Crippen LogP) is 2.74. The molecule has 2 unspecified atom stereocenters. The Morgan fingerprint density at radius 1 is 1.31 bits per heavy atom. The number of ketones is 1. The van der Waals surface area contributed by atoms with E-state index < -0.39 is 12.1 Å². The Balaban J connectivity index is 2.09. The summed E-state index contributed by atoms with van der Waals surface area (Å²) < 4.78 is 23.1. The Bertz CT molecular complexity index is 663. The lowest BCUT2D eigenvalue weighted by atomic mass is 9.84.